The summed E-state index contributed by atoms with van der Waals surface area (Å²) in [4.78, 5) is 2.96. The molecule has 1 N–H and O–H groups in total. The lowest BCUT2D eigenvalue weighted by Crippen LogP contribution is -1.90. The summed E-state index contributed by atoms with van der Waals surface area (Å²) in [6, 6.07) is 7.13. The molecule has 1 aromatic carbocycles. The summed E-state index contributed by atoms with van der Waals surface area (Å²) >= 11 is 2.16. The fraction of sp³-hybridized carbons (Fsp3) is 0.111. The predicted molar refractivity (Wildman–Crippen MR) is 60.8 cm³/mol. The molecule has 4 nitrogen and oxygen atoms in total. The average Bonchev–Trinajstić information content (AvgIpc) is 2.21. The largest absolute Gasteiger partial charge is 0.475 e. The van der Waals surface area contributed by atoms with Gasteiger partial charge in [-0.05, 0) is 46.9 Å². The number of hydrogen-bond donors (Lipinski definition) is 1. The summed E-state index contributed by atoms with van der Waals surface area (Å²) in [6.45, 7) is 0. The molecule has 0 aliphatic heterocycles. The number of benzene rings is 1. The van der Waals surface area contributed by atoms with Crippen LogP contribution in [0.4, 0.5) is 0 Å². The van der Waals surface area contributed by atoms with E-state index in [-0.39, 0.29) is 5.70 Å². The monoisotopic (exact) mass is 303 g/mol. The van der Waals surface area contributed by atoms with Crippen LogP contribution in [0.1, 0.15) is 5.56 Å². The number of halogens is 1. The normalized spacial score (nSPS) is 11.5. The van der Waals surface area contributed by atoms with Crippen molar-refractivity contribution in [2.45, 2.75) is 0 Å². The van der Waals surface area contributed by atoms with Crippen LogP contribution in [0.25, 0.3) is 10.7 Å². The van der Waals surface area contributed by atoms with Crippen molar-refractivity contribution >= 4 is 28.3 Å². The van der Waals surface area contributed by atoms with Crippen LogP contribution in [-0.2, 0) is 4.74 Å². The molecule has 0 saturated carbocycles. The average molecular weight is 303 g/mol. The zero-order chi connectivity index (χ0) is 10.6. The number of ether oxygens (including phenoxy) is 1. The summed E-state index contributed by atoms with van der Waals surface area (Å²) in [6.07, 6.45) is 0. The van der Waals surface area contributed by atoms with Crippen molar-refractivity contribution in [3.63, 3.8) is 0 Å². The number of diazo groups is 1. The molecule has 0 atom stereocenters. The molecule has 0 unspecified atom stereocenters. The minimum atomic E-state index is -0.409. The van der Waals surface area contributed by atoms with Gasteiger partial charge in [-0.1, -0.05) is 0 Å². The Hall–Kier alpha value is -1.29. The van der Waals surface area contributed by atoms with Gasteiger partial charge < -0.3 is 9.84 Å². The smallest absolute Gasteiger partial charge is 0.471 e. The van der Waals surface area contributed by atoms with Crippen LogP contribution in [0, 0.1) is 8.96 Å². The molecule has 0 saturated heterocycles. The second-order valence-electron chi connectivity index (χ2n) is 2.46. The Morgan fingerprint density at radius 2 is 2.00 bits per heavy atom. The van der Waals surface area contributed by atoms with Crippen molar-refractivity contribution in [1.82, 2.24) is 0 Å². The van der Waals surface area contributed by atoms with Crippen molar-refractivity contribution in [3.05, 3.63) is 44.3 Å². The van der Waals surface area contributed by atoms with Gasteiger partial charge in [0, 0.05) is 3.57 Å². The Bertz CT molecular complexity index is 392. The number of hydrogen-bond acceptors (Lipinski definition) is 3. The van der Waals surface area contributed by atoms with Crippen molar-refractivity contribution in [2.75, 3.05) is 7.11 Å². The quantitative estimate of drug-likeness (QED) is 0.519. The van der Waals surface area contributed by atoms with E-state index >= 15 is 0 Å². The third-order valence-corrected chi connectivity index (χ3v) is 2.33. The van der Waals surface area contributed by atoms with Gasteiger partial charge >= 0.3 is 11.6 Å². The maximum absolute atomic E-state index is 9.24. The molecule has 0 radical (unpaired) electrons. The molecule has 1 rings (SSSR count). The van der Waals surface area contributed by atoms with Gasteiger partial charge in [0.1, 0.15) is 0 Å². The Kier molecular flexibility index (Phi) is 3.71. The number of aliphatic hydroxyl groups is 1. The van der Waals surface area contributed by atoms with Gasteiger partial charge in [-0.15, -0.1) is 0 Å². The topological polar surface area (TPSA) is 57.6 Å². The highest BCUT2D eigenvalue weighted by atomic mass is 127. The van der Waals surface area contributed by atoms with Crippen molar-refractivity contribution in [2.24, 2.45) is 0 Å². The van der Waals surface area contributed by atoms with Gasteiger partial charge in [0.2, 0.25) is 5.39 Å². The lowest BCUT2D eigenvalue weighted by Gasteiger charge is -1.94. The standard InChI is InChI=1S/C9H7IN2O2/c1-14-9(13)8(12-11)6-2-4-7(10)5-3-6/h2-5H,1H3/p+1/b9-8+. The molecule has 72 valence electrons. The zero-order valence-electron chi connectivity index (χ0n) is 7.44. The Labute approximate surface area is 95.0 Å². The third-order valence-electron chi connectivity index (χ3n) is 1.61. The van der Waals surface area contributed by atoms with E-state index in [1.165, 1.54) is 7.11 Å². The minimum absolute atomic E-state index is 0.0175. The first-order valence-electron chi connectivity index (χ1n) is 3.77. The molecule has 0 bridgehead atoms. The Morgan fingerprint density at radius 3 is 2.43 bits per heavy atom. The van der Waals surface area contributed by atoms with Crippen LogP contribution in [0.3, 0.4) is 0 Å². The first kappa shape index (κ1) is 10.8. The van der Waals surface area contributed by atoms with E-state index in [1.807, 2.05) is 12.1 Å². The molecule has 0 aromatic heterocycles. The highest BCUT2D eigenvalue weighted by molar-refractivity contribution is 14.1. The molecule has 0 amide bonds. The van der Waals surface area contributed by atoms with Crippen molar-refractivity contribution in [3.8, 4) is 0 Å². The van der Waals surface area contributed by atoms with Crippen LogP contribution in [0.5, 0.6) is 0 Å². The van der Waals surface area contributed by atoms with E-state index in [2.05, 4.69) is 32.3 Å². The zero-order valence-corrected chi connectivity index (χ0v) is 9.59. The fourth-order valence-corrected chi connectivity index (χ4v) is 1.29. The summed E-state index contributed by atoms with van der Waals surface area (Å²) in [5.41, 5.74) is 0.608. The molecule has 14 heavy (non-hydrogen) atoms. The lowest BCUT2D eigenvalue weighted by atomic mass is 10.2. The van der Waals surface area contributed by atoms with Gasteiger partial charge in [0.25, 0.3) is 0 Å². The van der Waals surface area contributed by atoms with Crippen molar-refractivity contribution < 1.29 is 9.84 Å². The Morgan fingerprint density at radius 1 is 1.43 bits per heavy atom. The first-order valence-corrected chi connectivity index (χ1v) is 4.85. The van der Waals surface area contributed by atoms with E-state index < -0.39 is 5.95 Å². The van der Waals surface area contributed by atoms with Crippen LogP contribution in [0.15, 0.2) is 30.2 Å². The molecule has 1 aromatic rings. The van der Waals surface area contributed by atoms with E-state index in [4.69, 9.17) is 5.39 Å². The number of methoxy groups -OCH3 is 1. The number of aliphatic hydroxyl groups excluding tert-OH is 1. The Balaban J connectivity index is 3.16. The van der Waals surface area contributed by atoms with E-state index in [1.54, 1.807) is 12.1 Å². The molecule has 0 aliphatic rings. The van der Waals surface area contributed by atoms with Crippen LogP contribution >= 0.6 is 22.6 Å². The summed E-state index contributed by atoms with van der Waals surface area (Å²) in [5.74, 6) is -0.409. The van der Waals surface area contributed by atoms with E-state index in [9.17, 15) is 5.11 Å². The van der Waals surface area contributed by atoms with Crippen LogP contribution in [0.2, 0.25) is 0 Å². The fourth-order valence-electron chi connectivity index (χ4n) is 0.928. The van der Waals surface area contributed by atoms with E-state index in [0.29, 0.717) is 5.56 Å². The predicted octanol–water partition coefficient (Wildman–Crippen LogP) is 2.97. The van der Waals surface area contributed by atoms with Gasteiger partial charge in [-0.3, -0.25) is 0 Å². The highest BCUT2D eigenvalue weighted by Crippen LogP contribution is 2.20. The maximum Gasteiger partial charge on any atom is 0.471 e. The van der Waals surface area contributed by atoms with E-state index in [0.717, 1.165) is 3.57 Å². The van der Waals surface area contributed by atoms with Crippen LogP contribution in [-0.4, -0.2) is 12.2 Å². The van der Waals surface area contributed by atoms with Crippen molar-refractivity contribution in [1.29, 1.82) is 5.39 Å². The molecule has 0 aliphatic carbocycles. The number of nitrogens with zero attached hydrogens (tertiary/aromatic N) is 2. The molecule has 0 heterocycles. The molecular formula is C9H8IN2O2+. The second kappa shape index (κ2) is 4.81. The molecule has 0 fully saturated rings. The number of rotatable bonds is 2. The minimum Gasteiger partial charge on any atom is -0.475 e. The molecular weight excluding hydrogens is 295 g/mol. The van der Waals surface area contributed by atoms with Gasteiger partial charge in [-0.25, -0.2) is 0 Å². The van der Waals surface area contributed by atoms with Gasteiger partial charge in [0.15, 0.2) is 4.98 Å². The SMILES string of the molecule is CO/C(O)=C(/[N+]#N)c1ccc(I)cc1. The summed E-state index contributed by atoms with van der Waals surface area (Å²) < 4.78 is 5.62. The first-order chi connectivity index (χ1) is 6.69. The van der Waals surface area contributed by atoms with Gasteiger partial charge in [0.05, 0.1) is 12.7 Å². The van der Waals surface area contributed by atoms with Crippen LogP contribution < -0.4 is 0 Å². The summed E-state index contributed by atoms with van der Waals surface area (Å²) in [5, 5.41) is 17.9. The lowest BCUT2D eigenvalue weighted by molar-refractivity contribution is 0.139. The molecule has 0 spiro atoms. The third kappa shape index (κ3) is 2.35. The second-order valence-corrected chi connectivity index (χ2v) is 3.71. The highest BCUT2D eigenvalue weighted by Gasteiger charge is 2.22. The molecule has 5 heteroatoms. The van der Waals surface area contributed by atoms with Gasteiger partial charge in [-0.2, -0.15) is 0 Å². The maximum atomic E-state index is 9.24. The summed E-state index contributed by atoms with van der Waals surface area (Å²) in [7, 11) is 1.30.